The molecule has 0 aliphatic rings. The molecule has 0 aliphatic carbocycles. The first-order valence-corrected chi connectivity index (χ1v) is 7.40. The summed E-state index contributed by atoms with van der Waals surface area (Å²) in [4.78, 5) is 24.5. The number of carbonyl (C=O) groups excluding carboxylic acids is 1. The Bertz CT molecular complexity index is 964. The number of rotatable bonds is 3. The Morgan fingerprint density at radius 1 is 1.04 bits per heavy atom. The van der Waals surface area contributed by atoms with E-state index >= 15 is 0 Å². The van der Waals surface area contributed by atoms with Crippen LogP contribution >= 0.6 is 0 Å². The number of esters is 1. The zero-order valence-electron chi connectivity index (χ0n) is 13.6. The Morgan fingerprint density at radius 3 is 2.42 bits per heavy atom. The number of methoxy groups -OCH3 is 1. The smallest absolute Gasteiger partial charge is 0.351 e. The van der Waals surface area contributed by atoms with E-state index in [2.05, 4.69) is 0 Å². The summed E-state index contributed by atoms with van der Waals surface area (Å²) in [5.74, 6) is 0.309. The van der Waals surface area contributed by atoms with E-state index in [1.165, 1.54) is 13.2 Å². The maximum absolute atomic E-state index is 12.4. The van der Waals surface area contributed by atoms with Gasteiger partial charge in [-0.15, -0.1) is 0 Å². The summed E-state index contributed by atoms with van der Waals surface area (Å²) >= 11 is 0. The fourth-order valence-corrected chi connectivity index (χ4v) is 2.48. The third-order valence-electron chi connectivity index (χ3n) is 3.76. The maximum Gasteiger partial charge on any atom is 0.351 e. The van der Waals surface area contributed by atoms with Crippen LogP contribution in [0.25, 0.3) is 11.0 Å². The molecule has 0 bridgehead atoms. The van der Waals surface area contributed by atoms with Gasteiger partial charge in [-0.3, -0.25) is 0 Å². The van der Waals surface area contributed by atoms with Gasteiger partial charge in [-0.1, -0.05) is 18.2 Å². The van der Waals surface area contributed by atoms with Crippen molar-refractivity contribution >= 4 is 16.9 Å². The highest BCUT2D eigenvalue weighted by atomic mass is 16.5. The second-order valence-electron chi connectivity index (χ2n) is 5.46. The summed E-state index contributed by atoms with van der Waals surface area (Å²) in [7, 11) is 1.54. The molecule has 0 spiro atoms. The largest absolute Gasteiger partial charge is 0.497 e. The lowest BCUT2D eigenvalue weighted by Crippen LogP contribution is -2.19. The van der Waals surface area contributed by atoms with Crippen molar-refractivity contribution < 1.29 is 18.7 Å². The number of para-hydroxylation sites is 1. The van der Waals surface area contributed by atoms with Gasteiger partial charge >= 0.3 is 11.6 Å². The zero-order chi connectivity index (χ0) is 17.3. The van der Waals surface area contributed by atoms with Gasteiger partial charge in [0.25, 0.3) is 0 Å². The summed E-state index contributed by atoms with van der Waals surface area (Å²) in [6.07, 6.45) is 0. The first kappa shape index (κ1) is 15.8. The second kappa shape index (κ2) is 6.20. The molecule has 0 unspecified atom stereocenters. The van der Waals surface area contributed by atoms with Gasteiger partial charge in [0.2, 0.25) is 0 Å². The molecule has 0 aliphatic heterocycles. The van der Waals surface area contributed by atoms with Gasteiger partial charge in [-0.05, 0) is 49.2 Å². The van der Waals surface area contributed by atoms with Gasteiger partial charge in [-0.2, -0.15) is 0 Å². The molecular weight excluding hydrogens is 308 g/mol. The molecule has 2 aromatic carbocycles. The standard InChI is InChI=1S/C19H16O5/c1-11-5-4-6-12(2)17(11)24-19(21)15-10-13-9-14(22-3)7-8-16(13)23-18(15)20/h4-10H,1-3H3. The molecule has 0 amide bonds. The fourth-order valence-electron chi connectivity index (χ4n) is 2.48. The molecule has 3 rings (SSSR count). The second-order valence-corrected chi connectivity index (χ2v) is 5.46. The molecule has 24 heavy (non-hydrogen) atoms. The number of hydrogen-bond donors (Lipinski definition) is 0. The minimum Gasteiger partial charge on any atom is -0.497 e. The fraction of sp³-hybridized carbons (Fsp3) is 0.158. The maximum atomic E-state index is 12.4. The van der Waals surface area contributed by atoms with Gasteiger partial charge in [-0.25, -0.2) is 9.59 Å². The summed E-state index contributed by atoms with van der Waals surface area (Å²) in [6.45, 7) is 3.67. The average molecular weight is 324 g/mol. The van der Waals surface area contributed by atoms with Crippen molar-refractivity contribution in [3.63, 3.8) is 0 Å². The van der Waals surface area contributed by atoms with Crippen molar-refractivity contribution in [3.8, 4) is 11.5 Å². The number of hydrogen-bond acceptors (Lipinski definition) is 5. The van der Waals surface area contributed by atoms with Crippen molar-refractivity contribution in [2.24, 2.45) is 0 Å². The van der Waals surface area contributed by atoms with Crippen molar-refractivity contribution in [1.29, 1.82) is 0 Å². The molecule has 1 heterocycles. The number of benzene rings is 2. The Balaban J connectivity index is 2.03. The predicted octanol–water partition coefficient (Wildman–Crippen LogP) is 3.64. The van der Waals surface area contributed by atoms with Crippen LogP contribution in [0.2, 0.25) is 0 Å². The van der Waals surface area contributed by atoms with Crippen LogP contribution < -0.4 is 15.1 Å². The molecule has 0 radical (unpaired) electrons. The molecule has 3 aromatic rings. The highest BCUT2D eigenvalue weighted by Gasteiger charge is 2.18. The number of ether oxygens (including phenoxy) is 2. The van der Waals surface area contributed by atoms with Crippen molar-refractivity contribution in [1.82, 2.24) is 0 Å². The molecule has 5 heteroatoms. The third kappa shape index (κ3) is 2.88. The van der Waals surface area contributed by atoms with Gasteiger partial charge in [0.15, 0.2) is 0 Å². The van der Waals surface area contributed by atoms with E-state index in [4.69, 9.17) is 13.9 Å². The number of carbonyl (C=O) groups is 1. The van der Waals surface area contributed by atoms with Crippen LogP contribution in [0, 0.1) is 13.8 Å². The topological polar surface area (TPSA) is 65.7 Å². The molecule has 0 saturated carbocycles. The minimum absolute atomic E-state index is 0.154. The molecule has 0 N–H and O–H groups in total. The summed E-state index contributed by atoms with van der Waals surface area (Å²) < 4.78 is 15.8. The highest BCUT2D eigenvalue weighted by Crippen LogP contribution is 2.24. The molecule has 1 aromatic heterocycles. The first-order valence-electron chi connectivity index (χ1n) is 7.40. The van der Waals surface area contributed by atoms with Crippen LogP contribution in [0.5, 0.6) is 11.5 Å². The Labute approximate surface area is 138 Å². The van der Waals surface area contributed by atoms with Crippen LogP contribution in [-0.4, -0.2) is 13.1 Å². The van der Waals surface area contributed by atoms with Gasteiger partial charge in [0.1, 0.15) is 22.6 Å². The van der Waals surface area contributed by atoms with Crippen molar-refractivity contribution in [2.75, 3.05) is 7.11 Å². The zero-order valence-corrected chi connectivity index (χ0v) is 13.6. The molecule has 0 saturated heterocycles. The van der Waals surface area contributed by atoms with Gasteiger partial charge in [0.05, 0.1) is 7.11 Å². The lowest BCUT2D eigenvalue weighted by atomic mass is 10.1. The summed E-state index contributed by atoms with van der Waals surface area (Å²) in [5.41, 5.74) is 1.12. The monoisotopic (exact) mass is 324 g/mol. The first-order chi connectivity index (χ1) is 11.5. The van der Waals surface area contributed by atoms with E-state index in [0.717, 1.165) is 11.1 Å². The van der Waals surface area contributed by atoms with Crippen LogP contribution in [-0.2, 0) is 0 Å². The SMILES string of the molecule is COc1ccc2oc(=O)c(C(=O)Oc3c(C)cccc3C)cc2c1. The van der Waals surface area contributed by atoms with E-state index in [-0.39, 0.29) is 5.56 Å². The van der Waals surface area contributed by atoms with E-state index in [0.29, 0.717) is 22.5 Å². The molecule has 0 fully saturated rings. The van der Waals surface area contributed by atoms with Gasteiger partial charge < -0.3 is 13.9 Å². The van der Waals surface area contributed by atoms with Crippen LogP contribution in [0.3, 0.4) is 0 Å². The molecule has 0 atom stereocenters. The summed E-state index contributed by atoms with van der Waals surface area (Å²) in [6, 6.07) is 12.0. The minimum atomic E-state index is -0.745. The van der Waals surface area contributed by atoms with Gasteiger partial charge in [0, 0.05) is 5.39 Å². The normalized spacial score (nSPS) is 10.6. The molecular formula is C19H16O5. The Morgan fingerprint density at radius 2 is 1.75 bits per heavy atom. The van der Waals surface area contributed by atoms with Crippen LogP contribution in [0.15, 0.2) is 51.7 Å². The highest BCUT2D eigenvalue weighted by molar-refractivity contribution is 5.94. The van der Waals surface area contributed by atoms with Crippen molar-refractivity contribution in [3.05, 3.63) is 69.6 Å². The number of fused-ring (bicyclic) bond motifs is 1. The quantitative estimate of drug-likeness (QED) is 0.418. The van der Waals surface area contributed by atoms with E-state index in [1.807, 2.05) is 32.0 Å². The predicted molar refractivity (Wildman–Crippen MR) is 89.9 cm³/mol. The van der Waals surface area contributed by atoms with E-state index < -0.39 is 11.6 Å². The summed E-state index contributed by atoms with van der Waals surface area (Å²) in [5, 5.41) is 0.586. The van der Waals surface area contributed by atoms with Crippen molar-refractivity contribution in [2.45, 2.75) is 13.8 Å². The molecule has 122 valence electrons. The number of aryl methyl sites for hydroxylation is 2. The van der Waals surface area contributed by atoms with E-state index in [1.54, 1.807) is 18.2 Å². The van der Waals surface area contributed by atoms with E-state index in [9.17, 15) is 9.59 Å². The van der Waals surface area contributed by atoms with Crippen LogP contribution in [0.1, 0.15) is 21.5 Å². The lowest BCUT2D eigenvalue weighted by Gasteiger charge is -2.10. The van der Waals surface area contributed by atoms with Crippen LogP contribution in [0.4, 0.5) is 0 Å². The Hall–Kier alpha value is -3.08. The average Bonchev–Trinajstić information content (AvgIpc) is 2.57. The third-order valence-corrected chi connectivity index (χ3v) is 3.76. The lowest BCUT2D eigenvalue weighted by molar-refractivity contribution is 0.0728. The Kier molecular flexibility index (Phi) is 4.08. The molecule has 5 nitrogen and oxygen atoms in total.